The number of halogens is 1. The van der Waals surface area contributed by atoms with Gasteiger partial charge in [0.15, 0.2) is 0 Å². The van der Waals surface area contributed by atoms with Gasteiger partial charge in [0.25, 0.3) is 0 Å². The van der Waals surface area contributed by atoms with E-state index in [0.717, 1.165) is 5.56 Å². The monoisotopic (exact) mass is 272 g/mol. The average Bonchev–Trinajstić information content (AvgIpc) is 2.42. The van der Waals surface area contributed by atoms with Gasteiger partial charge in [0.2, 0.25) is 0 Å². The van der Waals surface area contributed by atoms with Crippen molar-refractivity contribution in [1.29, 1.82) is 0 Å². The summed E-state index contributed by atoms with van der Waals surface area (Å²) in [6.07, 6.45) is 0.534. The van der Waals surface area contributed by atoms with E-state index in [2.05, 4.69) is 38.3 Å². The lowest BCUT2D eigenvalue weighted by Gasteiger charge is -2.20. The van der Waals surface area contributed by atoms with Gasteiger partial charge in [-0.2, -0.15) is 0 Å². The third-order valence-corrected chi connectivity index (χ3v) is 3.84. The second-order valence-corrected chi connectivity index (χ2v) is 5.31. The molecule has 0 radical (unpaired) electrons. The van der Waals surface area contributed by atoms with Crippen molar-refractivity contribution in [1.82, 2.24) is 5.43 Å². The molecule has 0 bridgehead atoms. The minimum atomic E-state index is -0.186. The zero-order valence-electron chi connectivity index (χ0n) is 12.2. The lowest BCUT2D eigenvalue weighted by molar-refractivity contribution is 0.527. The molecule has 0 amide bonds. The molecule has 0 aromatic heterocycles. The van der Waals surface area contributed by atoms with Gasteiger partial charge in [0, 0.05) is 0 Å². The molecule has 2 aromatic rings. The molecule has 3 heteroatoms. The lowest BCUT2D eigenvalue weighted by atomic mass is 9.92. The van der Waals surface area contributed by atoms with E-state index in [9.17, 15) is 4.39 Å². The molecule has 0 spiro atoms. The third-order valence-electron chi connectivity index (χ3n) is 3.84. The highest BCUT2D eigenvalue weighted by Crippen LogP contribution is 2.25. The first-order valence-electron chi connectivity index (χ1n) is 6.80. The Kier molecular flexibility index (Phi) is 4.53. The van der Waals surface area contributed by atoms with Crippen LogP contribution in [0.5, 0.6) is 0 Å². The minimum Gasteiger partial charge on any atom is -0.271 e. The van der Waals surface area contributed by atoms with Crippen LogP contribution in [-0.4, -0.2) is 0 Å². The van der Waals surface area contributed by atoms with Gasteiger partial charge in [-0.3, -0.25) is 11.3 Å². The predicted octanol–water partition coefficient (Wildman–Crippen LogP) is 3.50. The summed E-state index contributed by atoms with van der Waals surface area (Å²) in [5, 5.41) is 0. The zero-order chi connectivity index (χ0) is 14.7. The lowest BCUT2D eigenvalue weighted by Crippen LogP contribution is -2.30. The van der Waals surface area contributed by atoms with Crippen LogP contribution in [0.15, 0.2) is 36.4 Å². The molecule has 1 unspecified atom stereocenters. The molecular weight excluding hydrogens is 251 g/mol. The number of rotatable bonds is 4. The highest BCUT2D eigenvalue weighted by atomic mass is 19.1. The number of hydrogen-bond donors (Lipinski definition) is 2. The Hall–Kier alpha value is -1.71. The molecule has 2 aromatic carbocycles. The molecule has 0 saturated heterocycles. The second-order valence-electron chi connectivity index (χ2n) is 5.31. The maximum absolute atomic E-state index is 13.8. The van der Waals surface area contributed by atoms with Crippen LogP contribution in [0.25, 0.3) is 0 Å². The van der Waals surface area contributed by atoms with Gasteiger partial charge in [-0.25, -0.2) is 4.39 Å². The van der Waals surface area contributed by atoms with Crippen molar-refractivity contribution in [3.63, 3.8) is 0 Å². The molecule has 0 aliphatic carbocycles. The number of nitrogens with one attached hydrogen (secondary N) is 1. The van der Waals surface area contributed by atoms with Crippen LogP contribution in [0.4, 0.5) is 4.39 Å². The fourth-order valence-corrected chi connectivity index (χ4v) is 2.50. The average molecular weight is 272 g/mol. The predicted molar refractivity (Wildman–Crippen MR) is 80.8 cm³/mol. The second kappa shape index (κ2) is 6.16. The molecule has 2 rings (SSSR count). The van der Waals surface area contributed by atoms with Crippen molar-refractivity contribution in [3.05, 3.63) is 70.0 Å². The maximum atomic E-state index is 13.8. The Morgan fingerprint density at radius 3 is 2.35 bits per heavy atom. The fourth-order valence-electron chi connectivity index (χ4n) is 2.50. The van der Waals surface area contributed by atoms with Crippen LogP contribution in [0, 0.1) is 26.6 Å². The molecule has 0 aliphatic rings. The zero-order valence-corrected chi connectivity index (χ0v) is 12.2. The van der Waals surface area contributed by atoms with E-state index >= 15 is 0 Å². The quantitative estimate of drug-likeness (QED) is 0.660. The molecule has 0 fully saturated rings. The van der Waals surface area contributed by atoms with Crippen LogP contribution >= 0.6 is 0 Å². The topological polar surface area (TPSA) is 38.0 Å². The molecular formula is C17H21FN2. The summed E-state index contributed by atoms with van der Waals surface area (Å²) < 4.78 is 13.8. The van der Waals surface area contributed by atoms with Gasteiger partial charge in [0.1, 0.15) is 5.82 Å². The molecule has 0 saturated carbocycles. The number of hydrogen-bond acceptors (Lipinski definition) is 2. The molecule has 3 N–H and O–H groups in total. The number of benzene rings is 2. The van der Waals surface area contributed by atoms with E-state index in [4.69, 9.17) is 5.84 Å². The summed E-state index contributed by atoms with van der Waals surface area (Å²) in [5.41, 5.74) is 8.27. The van der Waals surface area contributed by atoms with Gasteiger partial charge < -0.3 is 0 Å². The first-order chi connectivity index (χ1) is 9.52. The standard InChI is InChI=1S/C17H21FN2/c1-11-8-13(3)15(9-12(11)2)17(20-19)10-14-6-4-5-7-16(14)18/h4-9,17,20H,10,19H2,1-3H3. The van der Waals surface area contributed by atoms with Crippen molar-refractivity contribution in [2.24, 2.45) is 5.84 Å². The Balaban J connectivity index is 2.34. The SMILES string of the molecule is Cc1cc(C)c(C(Cc2ccccc2F)NN)cc1C. The Bertz CT molecular complexity index is 608. The number of nitrogens with two attached hydrogens (primary N) is 1. The van der Waals surface area contributed by atoms with Crippen molar-refractivity contribution >= 4 is 0 Å². The summed E-state index contributed by atoms with van der Waals surface area (Å²) in [5.74, 6) is 5.50. The summed E-state index contributed by atoms with van der Waals surface area (Å²) in [4.78, 5) is 0. The van der Waals surface area contributed by atoms with Crippen molar-refractivity contribution < 1.29 is 4.39 Å². The summed E-state index contributed by atoms with van der Waals surface area (Å²) in [6.45, 7) is 6.23. The molecule has 106 valence electrons. The van der Waals surface area contributed by atoms with E-state index in [1.165, 1.54) is 22.8 Å². The fraction of sp³-hybridized carbons (Fsp3) is 0.294. The highest BCUT2D eigenvalue weighted by molar-refractivity contribution is 5.39. The molecule has 2 nitrogen and oxygen atoms in total. The molecule has 1 atom stereocenters. The van der Waals surface area contributed by atoms with E-state index in [1.54, 1.807) is 12.1 Å². The normalized spacial score (nSPS) is 12.4. The largest absolute Gasteiger partial charge is 0.271 e. The Morgan fingerprint density at radius 2 is 1.70 bits per heavy atom. The van der Waals surface area contributed by atoms with E-state index in [1.807, 2.05) is 6.07 Å². The van der Waals surface area contributed by atoms with E-state index < -0.39 is 0 Å². The summed E-state index contributed by atoms with van der Waals surface area (Å²) >= 11 is 0. The molecule has 20 heavy (non-hydrogen) atoms. The summed E-state index contributed by atoms with van der Waals surface area (Å²) in [6, 6.07) is 11.0. The Labute approximate surface area is 119 Å². The van der Waals surface area contributed by atoms with Gasteiger partial charge in [0.05, 0.1) is 6.04 Å². The number of aryl methyl sites for hydroxylation is 3. The van der Waals surface area contributed by atoms with Gasteiger partial charge in [-0.05, 0) is 61.1 Å². The first-order valence-corrected chi connectivity index (χ1v) is 6.80. The van der Waals surface area contributed by atoms with Crippen molar-refractivity contribution in [3.8, 4) is 0 Å². The van der Waals surface area contributed by atoms with Crippen LogP contribution in [0.1, 0.15) is 33.9 Å². The van der Waals surface area contributed by atoms with Crippen LogP contribution < -0.4 is 11.3 Å². The van der Waals surface area contributed by atoms with Crippen LogP contribution in [0.2, 0.25) is 0 Å². The molecule has 0 heterocycles. The highest BCUT2D eigenvalue weighted by Gasteiger charge is 2.15. The maximum Gasteiger partial charge on any atom is 0.126 e. The Morgan fingerprint density at radius 1 is 1.05 bits per heavy atom. The van der Waals surface area contributed by atoms with Crippen molar-refractivity contribution in [2.75, 3.05) is 0 Å². The van der Waals surface area contributed by atoms with Crippen LogP contribution in [-0.2, 0) is 6.42 Å². The minimum absolute atomic E-state index is 0.0915. The van der Waals surface area contributed by atoms with Gasteiger partial charge >= 0.3 is 0 Å². The van der Waals surface area contributed by atoms with Crippen molar-refractivity contribution in [2.45, 2.75) is 33.2 Å². The number of hydrazine groups is 1. The van der Waals surface area contributed by atoms with E-state index in [0.29, 0.717) is 12.0 Å². The third kappa shape index (κ3) is 3.06. The van der Waals surface area contributed by atoms with Gasteiger partial charge in [-0.1, -0.05) is 30.3 Å². The smallest absolute Gasteiger partial charge is 0.126 e. The van der Waals surface area contributed by atoms with Gasteiger partial charge in [-0.15, -0.1) is 0 Å². The summed E-state index contributed by atoms with van der Waals surface area (Å²) in [7, 11) is 0. The molecule has 0 aliphatic heterocycles. The first kappa shape index (κ1) is 14.7. The van der Waals surface area contributed by atoms with Crippen LogP contribution in [0.3, 0.4) is 0 Å². The van der Waals surface area contributed by atoms with E-state index in [-0.39, 0.29) is 11.9 Å².